The molecule has 3 aromatic carbocycles. The monoisotopic (exact) mass is 468 g/mol. The Morgan fingerprint density at radius 1 is 0.943 bits per heavy atom. The van der Waals surface area contributed by atoms with Gasteiger partial charge < -0.3 is 14.5 Å². The summed E-state index contributed by atoms with van der Waals surface area (Å²) in [4.78, 5) is 4.63. The number of aromatic amines is 1. The highest BCUT2D eigenvalue weighted by molar-refractivity contribution is 5.93. The zero-order chi connectivity index (χ0) is 24.0. The SMILES string of the molecule is CCCC(CCC)Oc1ccc(-c2ccccc2)c(-c2nnn[nH]2)c1Nc1nc2ccccc2o1. The molecule has 35 heavy (non-hydrogen) atoms. The Labute approximate surface area is 203 Å². The number of aromatic nitrogens is 5. The van der Waals surface area contributed by atoms with Gasteiger partial charge in [0, 0.05) is 0 Å². The third kappa shape index (κ3) is 4.87. The number of fused-ring (bicyclic) bond motifs is 1. The first-order valence-corrected chi connectivity index (χ1v) is 12.0. The number of oxazole rings is 1. The first-order valence-electron chi connectivity index (χ1n) is 12.0. The van der Waals surface area contributed by atoms with Crippen LogP contribution in [-0.2, 0) is 0 Å². The second-order valence-electron chi connectivity index (χ2n) is 8.41. The van der Waals surface area contributed by atoms with Gasteiger partial charge >= 0.3 is 0 Å². The van der Waals surface area contributed by atoms with Crippen molar-refractivity contribution in [2.24, 2.45) is 0 Å². The van der Waals surface area contributed by atoms with Gasteiger partial charge in [-0.1, -0.05) is 69.2 Å². The van der Waals surface area contributed by atoms with E-state index in [-0.39, 0.29) is 6.10 Å². The van der Waals surface area contributed by atoms with Crippen molar-refractivity contribution in [2.45, 2.75) is 45.6 Å². The van der Waals surface area contributed by atoms with E-state index in [2.05, 4.69) is 63.0 Å². The molecule has 0 fully saturated rings. The fourth-order valence-electron chi connectivity index (χ4n) is 4.29. The third-order valence-electron chi connectivity index (χ3n) is 5.87. The van der Waals surface area contributed by atoms with Gasteiger partial charge in [-0.15, -0.1) is 5.10 Å². The summed E-state index contributed by atoms with van der Waals surface area (Å²) in [7, 11) is 0. The lowest BCUT2D eigenvalue weighted by molar-refractivity contribution is 0.180. The number of hydrogen-bond acceptors (Lipinski definition) is 7. The van der Waals surface area contributed by atoms with Gasteiger partial charge in [0.2, 0.25) is 0 Å². The van der Waals surface area contributed by atoms with Crippen LogP contribution in [0.2, 0.25) is 0 Å². The summed E-state index contributed by atoms with van der Waals surface area (Å²) in [6.07, 6.45) is 4.11. The van der Waals surface area contributed by atoms with Gasteiger partial charge in [0.25, 0.3) is 6.01 Å². The van der Waals surface area contributed by atoms with Crippen molar-refractivity contribution in [1.82, 2.24) is 25.6 Å². The van der Waals surface area contributed by atoms with Crippen LogP contribution < -0.4 is 10.1 Å². The van der Waals surface area contributed by atoms with E-state index in [0.717, 1.165) is 47.9 Å². The number of benzene rings is 3. The predicted molar refractivity (Wildman–Crippen MR) is 137 cm³/mol. The highest BCUT2D eigenvalue weighted by Crippen LogP contribution is 2.44. The highest BCUT2D eigenvalue weighted by atomic mass is 16.5. The summed E-state index contributed by atoms with van der Waals surface area (Å²) in [6, 6.07) is 22.2. The van der Waals surface area contributed by atoms with Crippen LogP contribution in [-0.4, -0.2) is 31.7 Å². The maximum absolute atomic E-state index is 6.59. The molecule has 0 unspecified atom stereocenters. The highest BCUT2D eigenvalue weighted by Gasteiger charge is 2.23. The Morgan fingerprint density at radius 3 is 2.43 bits per heavy atom. The van der Waals surface area contributed by atoms with E-state index in [9.17, 15) is 0 Å². The van der Waals surface area contributed by atoms with Crippen LogP contribution in [0.4, 0.5) is 11.7 Å². The average molecular weight is 469 g/mol. The Morgan fingerprint density at radius 2 is 1.71 bits per heavy atom. The van der Waals surface area contributed by atoms with Crippen molar-refractivity contribution in [1.29, 1.82) is 0 Å². The first kappa shape index (κ1) is 22.6. The molecule has 0 amide bonds. The number of para-hydroxylation sites is 2. The predicted octanol–water partition coefficient (Wildman–Crippen LogP) is 6.77. The molecule has 8 heteroatoms. The molecule has 2 aromatic heterocycles. The lowest BCUT2D eigenvalue weighted by Gasteiger charge is -2.23. The standard InChI is InChI=1S/C27H28N6O2/c1-3-10-19(11-4-2)34-23-17-16-20(18-12-6-5-7-13-18)24(26-30-32-33-31-26)25(23)29-27-28-21-14-8-9-15-22(21)35-27/h5-9,12-17,19H,3-4,10-11H2,1-2H3,(H,28,29)(H,30,31,32,33). The molecule has 0 spiro atoms. The number of hydrogen-bond donors (Lipinski definition) is 2. The smallest absolute Gasteiger partial charge is 0.300 e. The molecular formula is C27H28N6O2. The maximum Gasteiger partial charge on any atom is 0.300 e. The third-order valence-corrected chi connectivity index (χ3v) is 5.87. The van der Waals surface area contributed by atoms with Gasteiger partial charge in [0.1, 0.15) is 11.3 Å². The van der Waals surface area contributed by atoms with Gasteiger partial charge in [-0.25, -0.2) is 5.10 Å². The zero-order valence-corrected chi connectivity index (χ0v) is 19.9. The van der Waals surface area contributed by atoms with E-state index >= 15 is 0 Å². The molecule has 0 saturated carbocycles. The molecule has 0 bridgehead atoms. The number of H-pyrrole nitrogens is 1. The Bertz CT molecular complexity index is 1340. The van der Waals surface area contributed by atoms with Crippen molar-refractivity contribution in [3.63, 3.8) is 0 Å². The lowest BCUT2D eigenvalue weighted by atomic mass is 9.96. The van der Waals surface area contributed by atoms with Crippen molar-refractivity contribution in [2.75, 3.05) is 5.32 Å². The lowest BCUT2D eigenvalue weighted by Crippen LogP contribution is -2.17. The summed E-state index contributed by atoms with van der Waals surface area (Å²) in [6.45, 7) is 4.35. The minimum Gasteiger partial charge on any atom is -0.488 e. The van der Waals surface area contributed by atoms with E-state index in [1.807, 2.05) is 48.5 Å². The van der Waals surface area contributed by atoms with E-state index < -0.39 is 0 Å². The first-order chi connectivity index (χ1) is 17.3. The van der Waals surface area contributed by atoms with Gasteiger partial charge in [-0.3, -0.25) is 0 Å². The fraction of sp³-hybridized carbons (Fsp3) is 0.259. The molecular weight excluding hydrogens is 440 g/mol. The normalized spacial score (nSPS) is 11.3. The topological polar surface area (TPSA) is 102 Å². The molecule has 0 aliphatic carbocycles. The van der Waals surface area contributed by atoms with E-state index in [1.165, 1.54) is 0 Å². The van der Waals surface area contributed by atoms with Gasteiger partial charge in [0.15, 0.2) is 11.4 Å². The molecule has 2 heterocycles. The van der Waals surface area contributed by atoms with Crippen molar-refractivity contribution >= 4 is 22.8 Å². The van der Waals surface area contributed by atoms with Crippen LogP contribution in [0.5, 0.6) is 5.75 Å². The Kier molecular flexibility index (Phi) is 6.70. The summed E-state index contributed by atoms with van der Waals surface area (Å²) in [5.41, 5.74) is 4.95. The van der Waals surface area contributed by atoms with Crippen LogP contribution in [0.1, 0.15) is 39.5 Å². The number of tetrazole rings is 1. The van der Waals surface area contributed by atoms with E-state index in [1.54, 1.807) is 0 Å². The summed E-state index contributed by atoms with van der Waals surface area (Å²) in [5, 5.41) is 18.3. The molecule has 178 valence electrons. The van der Waals surface area contributed by atoms with Crippen LogP contribution >= 0.6 is 0 Å². The maximum atomic E-state index is 6.59. The molecule has 2 N–H and O–H groups in total. The quantitative estimate of drug-likeness (QED) is 0.233. The second kappa shape index (κ2) is 10.4. The van der Waals surface area contributed by atoms with Crippen molar-refractivity contribution in [3.8, 4) is 28.3 Å². The summed E-state index contributed by atoms with van der Waals surface area (Å²) in [5.74, 6) is 1.22. The van der Waals surface area contributed by atoms with Crippen LogP contribution in [0.3, 0.4) is 0 Å². The Hall–Kier alpha value is -4.20. The second-order valence-corrected chi connectivity index (χ2v) is 8.41. The molecule has 0 aliphatic rings. The number of nitrogens with one attached hydrogen (secondary N) is 2. The van der Waals surface area contributed by atoms with Gasteiger partial charge in [-0.2, -0.15) is 4.98 Å². The van der Waals surface area contributed by atoms with Crippen molar-refractivity contribution in [3.05, 3.63) is 66.7 Å². The number of ether oxygens (including phenoxy) is 1. The molecule has 8 nitrogen and oxygen atoms in total. The van der Waals surface area contributed by atoms with Crippen LogP contribution in [0.25, 0.3) is 33.6 Å². The van der Waals surface area contributed by atoms with Crippen LogP contribution in [0.15, 0.2) is 71.1 Å². The largest absolute Gasteiger partial charge is 0.488 e. The average Bonchev–Trinajstić information content (AvgIpc) is 3.55. The Balaban J connectivity index is 1.68. The van der Waals surface area contributed by atoms with E-state index in [4.69, 9.17) is 9.15 Å². The van der Waals surface area contributed by atoms with Gasteiger partial charge in [-0.05, 0) is 58.7 Å². The fourth-order valence-corrected chi connectivity index (χ4v) is 4.29. The molecule has 0 aliphatic heterocycles. The molecule has 5 rings (SSSR count). The minimum absolute atomic E-state index is 0.0949. The number of anilines is 2. The van der Waals surface area contributed by atoms with Gasteiger partial charge in [0.05, 0.1) is 17.4 Å². The molecule has 5 aromatic rings. The summed E-state index contributed by atoms with van der Waals surface area (Å²) < 4.78 is 12.6. The molecule has 0 saturated heterocycles. The van der Waals surface area contributed by atoms with Crippen LogP contribution in [0, 0.1) is 0 Å². The summed E-state index contributed by atoms with van der Waals surface area (Å²) >= 11 is 0. The van der Waals surface area contributed by atoms with E-state index in [0.29, 0.717) is 28.9 Å². The zero-order valence-electron chi connectivity index (χ0n) is 19.9. The minimum atomic E-state index is 0.0949. The number of rotatable bonds is 10. The van der Waals surface area contributed by atoms with Crippen molar-refractivity contribution < 1.29 is 9.15 Å². The molecule has 0 atom stereocenters. The molecule has 0 radical (unpaired) electrons. The number of nitrogens with zero attached hydrogens (tertiary/aromatic N) is 4.